The molecule has 1 aromatic heterocycles. The van der Waals surface area contributed by atoms with Crippen molar-refractivity contribution in [1.29, 1.82) is 0 Å². The van der Waals surface area contributed by atoms with E-state index in [0.29, 0.717) is 11.3 Å². The van der Waals surface area contributed by atoms with Crippen LogP contribution in [-0.2, 0) is 6.18 Å². The quantitative estimate of drug-likeness (QED) is 0.784. The van der Waals surface area contributed by atoms with Gasteiger partial charge in [0.2, 0.25) is 0 Å². The lowest BCUT2D eigenvalue weighted by atomic mass is 10.3. The summed E-state index contributed by atoms with van der Waals surface area (Å²) < 4.78 is 36.1. The maximum atomic E-state index is 12.0. The van der Waals surface area contributed by atoms with Crippen molar-refractivity contribution in [2.75, 3.05) is 6.61 Å². The number of aliphatic hydroxyl groups excluding tert-OH is 2. The van der Waals surface area contributed by atoms with Crippen LogP contribution in [0, 0.1) is 0 Å². The van der Waals surface area contributed by atoms with Crippen LogP contribution in [0.1, 0.15) is 15.9 Å². The van der Waals surface area contributed by atoms with E-state index >= 15 is 0 Å². The third-order valence-electron chi connectivity index (χ3n) is 1.41. The van der Waals surface area contributed by atoms with Crippen molar-refractivity contribution in [1.82, 2.24) is 0 Å². The van der Waals surface area contributed by atoms with Crippen molar-refractivity contribution < 1.29 is 23.4 Å². The van der Waals surface area contributed by atoms with Crippen molar-refractivity contribution in [3.8, 4) is 0 Å². The van der Waals surface area contributed by atoms with Crippen molar-refractivity contribution in [2.24, 2.45) is 0 Å². The van der Waals surface area contributed by atoms with Gasteiger partial charge in [0.25, 0.3) is 0 Å². The zero-order chi connectivity index (χ0) is 10.1. The largest absolute Gasteiger partial charge is 0.425 e. The third-order valence-corrected chi connectivity index (χ3v) is 2.64. The van der Waals surface area contributed by atoms with E-state index < -0.39 is 23.8 Å². The number of thiophene rings is 1. The standard InChI is InChI=1S/C7H7F3O2S/c8-7(9,10)6-2-1-5(13-6)4(12)3-11/h1-2,4,11-12H,3H2. The molecule has 0 aromatic carbocycles. The SMILES string of the molecule is OCC(O)c1ccc(C(F)(F)F)s1. The lowest BCUT2D eigenvalue weighted by molar-refractivity contribution is -0.134. The Morgan fingerprint density at radius 3 is 2.38 bits per heavy atom. The Hall–Kier alpha value is -0.590. The summed E-state index contributed by atoms with van der Waals surface area (Å²) in [5.41, 5.74) is 0. The number of hydrogen-bond donors (Lipinski definition) is 2. The van der Waals surface area contributed by atoms with Gasteiger partial charge in [-0.1, -0.05) is 0 Å². The lowest BCUT2D eigenvalue weighted by Gasteiger charge is -2.03. The minimum Gasteiger partial charge on any atom is -0.393 e. The summed E-state index contributed by atoms with van der Waals surface area (Å²) >= 11 is 0.437. The van der Waals surface area contributed by atoms with Gasteiger partial charge in [0.15, 0.2) is 0 Å². The van der Waals surface area contributed by atoms with Gasteiger partial charge >= 0.3 is 6.18 Å². The number of alkyl halides is 3. The summed E-state index contributed by atoms with van der Waals surface area (Å²) in [6, 6.07) is 2.05. The monoisotopic (exact) mass is 212 g/mol. The Morgan fingerprint density at radius 1 is 1.38 bits per heavy atom. The second-order valence-corrected chi connectivity index (χ2v) is 3.51. The Kier molecular flexibility index (Phi) is 2.94. The fourth-order valence-electron chi connectivity index (χ4n) is 0.774. The first-order chi connectivity index (χ1) is 5.95. The van der Waals surface area contributed by atoms with E-state index in [2.05, 4.69) is 0 Å². The van der Waals surface area contributed by atoms with Crippen LogP contribution in [-0.4, -0.2) is 16.8 Å². The molecule has 0 saturated heterocycles. The Morgan fingerprint density at radius 2 is 2.00 bits per heavy atom. The molecule has 0 aliphatic rings. The fraction of sp³-hybridized carbons (Fsp3) is 0.429. The highest BCUT2D eigenvalue weighted by molar-refractivity contribution is 7.12. The van der Waals surface area contributed by atoms with Gasteiger partial charge in [-0.25, -0.2) is 0 Å². The second-order valence-electron chi connectivity index (χ2n) is 2.40. The van der Waals surface area contributed by atoms with Gasteiger partial charge in [-0.3, -0.25) is 0 Å². The minimum absolute atomic E-state index is 0.120. The molecule has 0 fully saturated rings. The molecule has 0 aliphatic carbocycles. The Bertz CT molecular complexity index is 282. The molecule has 0 aliphatic heterocycles. The van der Waals surface area contributed by atoms with E-state index in [1.807, 2.05) is 0 Å². The van der Waals surface area contributed by atoms with Crippen molar-refractivity contribution in [3.63, 3.8) is 0 Å². The molecule has 6 heteroatoms. The predicted octanol–water partition coefficient (Wildman–Crippen LogP) is 1.79. The summed E-state index contributed by atoms with van der Waals surface area (Å²) in [5, 5.41) is 17.5. The molecule has 1 atom stereocenters. The van der Waals surface area contributed by atoms with E-state index in [0.717, 1.165) is 12.1 Å². The summed E-state index contributed by atoms with van der Waals surface area (Å²) in [5.74, 6) is 0. The Balaban J connectivity index is 2.87. The predicted molar refractivity (Wildman–Crippen MR) is 41.4 cm³/mol. The average molecular weight is 212 g/mol. The molecule has 1 aromatic rings. The van der Waals surface area contributed by atoms with Crippen LogP contribution in [0.2, 0.25) is 0 Å². The topological polar surface area (TPSA) is 40.5 Å². The van der Waals surface area contributed by atoms with Crippen LogP contribution in [0.5, 0.6) is 0 Å². The molecule has 0 saturated carbocycles. The molecular formula is C7H7F3O2S. The van der Waals surface area contributed by atoms with Crippen molar-refractivity contribution in [3.05, 3.63) is 21.9 Å². The molecule has 1 rings (SSSR count). The Labute approximate surface area is 76.3 Å². The first kappa shape index (κ1) is 10.5. The molecule has 0 amide bonds. The smallest absolute Gasteiger partial charge is 0.393 e. The zero-order valence-electron chi connectivity index (χ0n) is 6.38. The molecule has 74 valence electrons. The third kappa shape index (κ3) is 2.43. The molecule has 0 bridgehead atoms. The normalized spacial score (nSPS) is 14.5. The fourth-order valence-corrected chi connectivity index (χ4v) is 1.63. The van der Waals surface area contributed by atoms with E-state index in [4.69, 9.17) is 10.2 Å². The van der Waals surface area contributed by atoms with E-state index in [9.17, 15) is 13.2 Å². The minimum atomic E-state index is -4.38. The maximum Gasteiger partial charge on any atom is 0.425 e. The highest BCUT2D eigenvalue weighted by Crippen LogP contribution is 2.36. The highest BCUT2D eigenvalue weighted by atomic mass is 32.1. The summed E-state index contributed by atoms with van der Waals surface area (Å²) in [7, 11) is 0. The van der Waals surface area contributed by atoms with Crippen LogP contribution < -0.4 is 0 Å². The zero-order valence-corrected chi connectivity index (χ0v) is 7.19. The number of halogens is 3. The van der Waals surface area contributed by atoms with Crippen LogP contribution >= 0.6 is 11.3 Å². The summed E-state index contributed by atoms with van der Waals surface area (Å²) in [4.78, 5) is -0.648. The van der Waals surface area contributed by atoms with Gasteiger partial charge < -0.3 is 10.2 Å². The van der Waals surface area contributed by atoms with Crippen LogP contribution in [0.4, 0.5) is 13.2 Å². The molecule has 0 radical (unpaired) electrons. The summed E-state index contributed by atoms with van der Waals surface area (Å²) in [6.45, 7) is -0.572. The highest BCUT2D eigenvalue weighted by Gasteiger charge is 2.32. The van der Waals surface area contributed by atoms with Crippen LogP contribution in [0.3, 0.4) is 0 Å². The molecular weight excluding hydrogens is 205 g/mol. The molecule has 2 N–H and O–H groups in total. The maximum absolute atomic E-state index is 12.0. The van der Waals surface area contributed by atoms with Crippen LogP contribution in [0.15, 0.2) is 12.1 Å². The van der Waals surface area contributed by atoms with Crippen molar-refractivity contribution >= 4 is 11.3 Å². The number of hydrogen-bond acceptors (Lipinski definition) is 3. The molecule has 0 spiro atoms. The molecule has 1 unspecified atom stereocenters. The first-order valence-electron chi connectivity index (χ1n) is 3.41. The van der Waals surface area contributed by atoms with Gasteiger partial charge in [-0.15, -0.1) is 11.3 Å². The van der Waals surface area contributed by atoms with E-state index in [1.54, 1.807) is 0 Å². The van der Waals surface area contributed by atoms with Crippen molar-refractivity contribution in [2.45, 2.75) is 12.3 Å². The molecule has 1 heterocycles. The number of aliphatic hydroxyl groups is 2. The molecule has 2 nitrogen and oxygen atoms in total. The lowest BCUT2D eigenvalue weighted by Crippen LogP contribution is -2.01. The van der Waals surface area contributed by atoms with Gasteiger partial charge in [-0.2, -0.15) is 13.2 Å². The van der Waals surface area contributed by atoms with Gasteiger partial charge in [0, 0.05) is 4.88 Å². The van der Waals surface area contributed by atoms with Gasteiger partial charge in [0.1, 0.15) is 11.0 Å². The van der Waals surface area contributed by atoms with Gasteiger partial charge in [0.05, 0.1) is 6.61 Å². The van der Waals surface area contributed by atoms with E-state index in [-0.39, 0.29) is 4.88 Å². The van der Waals surface area contributed by atoms with E-state index in [1.165, 1.54) is 0 Å². The van der Waals surface area contributed by atoms with Gasteiger partial charge in [-0.05, 0) is 12.1 Å². The second kappa shape index (κ2) is 3.65. The average Bonchev–Trinajstić information content (AvgIpc) is 2.50. The molecule has 13 heavy (non-hydrogen) atoms. The van der Waals surface area contributed by atoms with Crippen LogP contribution in [0.25, 0.3) is 0 Å². The first-order valence-corrected chi connectivity index (χ1v) is 4.22. The number of rotatable bonds is 2. The summed E-state index contributed by atoms with van der Waals surface area (Å²) in [6.07, 6.45) is -5.60.